The maximum atomic E-state index is 12.4. The Labute approximate surface area is 161 Å². The summed E-state index contributed by atoms with van der Waals surface area (Å²) >= 11 is 7.56. The van der Waals surface area contributed by atoms with E-state index < -0.39 is 17.4 Å². The predicted molar refractivity (Wildman–Crippen MR) is 96.5 cm³/mol. The van der Waals surface area contributed by atoms with Gasteiger partial charge in [0.05, 0.1) is 25.5 Å². The van der Waals surface area contributed by atoms with Gasteiger partial charge in [-0.2, -0.15) is 0 Å². The summed E-state index contributed by atoms with van der Waals surface area (Å²) in [6, 6.07) is 0. The molecule has 1 aliphatic heterocycles. The highest BCUT2D eigenvalue weighted by atomic mass is 35.5. The Morgan fingerprint density at radius 3 is 2.65 bits per heavy atom. The van der Waals surface area contributed by atoms with Gasteiger partial charge in [-0.1, -0.05) is 29.8 Å². The summed E-state index contributed by atoms with van der Waals surface area (Å²) in [6.45, 7) is 2.80. The first-order valence-corrected chi connectivity index (χ1v) is 10.3. The molecule has 2 aliphatic rings. The van der Waals surface area contributed by atoms with Gasteiger partial charge in [0, 0.05) is 12.8 Å². The van der Waals surface area contributed by atoms with E-state index in [0.717, 1.165) is 12.8 Å². The van der Waals surface area contributed by atoms with Gasteiger partial charge in [-0.05, 0) is 26.0 Å². The van der Waals surface area contributed by atoms with Gasteiger partial charge in [0.25, 0.3) is 0 Å². The van der Waals surface area contributed by atoms with Crippen LogP contribution in [0.4, 0.5) is 0 Å². The van der Waals surface area contributed by atoms with E-state index in [1.807, 2.05) is 6.26 Å². The van der Waals surface area contributed by atoms with Gasteiger partial charge in [0.15, 0.2) is 10.9 Å². The Hall–Kier alpha value is -0.930. The van der Waals surface area contributed by atoms with Crippen molar-refractivity contribution in [2.24, 2.45) is 0 Å². The molecule has 144 valence electrons. The summed E-state index contributed by atoms with van der Waals surface area (Å²) in [5.74, 6) is -1.66. The van der Waals surface area contributed by atoms with E-state index in [2.05, 4.69) is 9.97 Å². The fourth-order valence-corrected chi connectivity index (χ4v) is 4.35. The van der Waals surface area contributed by atoms with Crippen molar-refractivity contribution in [2.75, 3.05) is 26.1 Å². The van der Waals surface area contributed by atoms with Gasteiger partial charge in [0.1, 0.15) is 16.3 Å². The van der Waals surface area contributed by atoms with Crippen LogP contribution in [-0.2, 0) is 20.6 Å². The van der Waals surface area contributed by atoms with Crippen molar-refractivity contribution in [1.82, 2.24) is 9.97 Å². The largest absolute Gasteiger partial charge is 0.462 e. The van der Waals surface area contributed by atoms with E-state index >= 15 is 0 Å². The third-order valence-electron chi connectivity index (χ3n) is 4.85. The summed E-state index contributed by atoms with van der Waals surface area (Å²) in [5, 5.41) is 11.9. The van der Waals surface area contributed by atoms with E-state index in [0.29, 0.717) is 36.9 Å². The summed E-state index contributed by atoms with van der Waals surface area (Å²) < 4.78 is 16.8. The number of carbonyl (C=O) groups is 1. The molecule has 0 aromatic carbocycles. The molecule has 1 aromatic rings. The molecule has 0 amide bonds. The molecule has 26 heavy (non-hydrogen) atoms. The monoisotopic (exact) mass is 402 g/mol. The minimum absolute atomic E-state index is 0.0273. The Kier molecular flexibility index (Phi) is 6.08. The zero-order chi connectivity index (χ0) is 18.8. The van der Waals surface area contributed by atoms with Gasteiger partial charge in [0.2, 0.25) is 0 Å². The zero-order valence-electron chi connectivity index (χ0n) is 14.9. The summed E-state index contributed by atoms with van der Waals surface area (Å²) in [7, 11) is 0. The van der Waals surface area contributed by atoms with Crippen LogP contribution < -0.4 is 0 Å². The fraction of sp³-hybridized carbons (Fsp3) is 0.706. The second-order valence-corrected chi connectivity index (χ2v) is 7.54. The molecule has 1 unspecified atom stereocenters. The minimum Gasteiger partial charge on any atom is -0.462 e. The number of aliphatic hydroxyl groups is 1. The topological polar surface area (TPSA) is 90.8 Å². The molecule has 2 heterocycles. The molecule has 1 spiro atoms. The highest BCUT2D eigenvalue weighted by Crippen LogP contribution is 2.45. The van der Waals surface area contributed by atoms with Gasteiger partial charge in [-0.25, -0.2) is 14.8 Å². The lowest BCUT2D eigenvalue weighted by Gasteiger charge is -2.46. The first-order valence-electron chi connectivity index (χ1n) is 8.72. The number of hydrogen-bond donors (Lipinski definition) is 1. The number of nitrogens with zero attached hydrogens (tertiary/aromatic N) is 2. The molecule has 2 fully saturated rings. The van der Waals surface area contributed by atoms with Gasteiger partial charge in [-0.3, -0.25) is 0 Å². The molecule has 1 aromatic heterocycles. The molecule has 0 radical (unpaired) electrons. The van der Waals surface area contributed by atoms with Crippen molar-refractivity contribution in [2.45, 2.75) is 55.6 Å². The Morgan fingerprint density at radius 2 is 2.00 bits per heavy atom. The Morgan fingerprint density at radius 1 is 1.31 bits per heavy atom. The van der Waals surface area contributed by atoms with Crippen molar-refractivity contribution in [3.63, 3.8) is 0 Å². The molecule has 3 rings (SSSR count). The maximum Gasteiger partial charge on any atom is 0.343 e. The highest BCUT2D eigenvalue weighted by molar-refractivity contribution is 7.98. The first kappa shape index (κ1) is 19.8. The van der Waals surface area contributed by atoms with Gasteiger partial charge in [-0.15, -0.1) is 0 Å². The number of thioether (sulfide) groups is 1. The molecular weight excluding hydrogens is 380 g/mol. The van der Waals surface area contributed by atoms with E-state index in [-0.39, 0.29) is 23.7 Å². The quantitative estimate of drug-likeness (QED) is 0.348. The Balaban J connectivity index is 2.01. The lowest BCUT2D eigenvalue weighted by atomic mass is 9.75. The normalized spacial score (nSPS) is 24.8. The van der Waals surface area contributed by atoms with E-state index in [9.17, 15) is 9.90 Å². The van der Waals surface area contributed by atoms with Gasteiger partial charge >= 0.3 is 5.97 Å². The fourth-order valence-electron chi connectivity index (χ4n) is 3.65. The standard InChI is InChI=1S/C17H23ClN2O5S/c1-3-23-14(21)12-11(19-15(26-2)20-13(12)18)10-16(22)6-4-5-7-17(16)24-8-9-25-17/h22H,3-10H2,1-2H3. The Bertz CT molecular complexity index is 683. The van der Waals surface area contributed by atoms with Gasteiger partial charge < -0.3 is 19.3 Å². The molecule has 1 N–H and O–H groups in total. The molecule has 1 aliphatic carbocycles. The van der Waals surface area contributed by atoms with Crippen molar-refractivity contribution >= 4 is 29.3 Å². The number of halogens is 1. The molecule has 1 atom stereocenters. The lowest BCUT2D eigenvalue weighted by Crippen LogP contribution is -2.58. The predicted octanol–water partition coefficient (Wildman–Crippen LogP) is 2.62. The van der Waals surface area contributed by atoms with E-state index in [1.165, 1.54) is 11.8 Å². The molecule has 7 nitrogen and oxygen atoms in total. The lowest BCUT2D eigenvalue weighted by molar-refractivity contribution is -0.285. The second kappa shape index (κ2) is 7.98. The molecule has 0 bridgehead atoms. The van der Waals surface area contributed by atoms with E-state index in [1.54, 1.807) is 6.92 Å². The third-order valence-corrected chi connectivity index (χ3v) is 5.67. The zero-order valence-corrected chi connectivity index (χ0v) is 16.5. The smallest absolute Gasteiger partial charge is 0.343 e. The molecule has 1 saturated heterocycles. The van der Waals surface area contributed by atoms with Crippen molar-refractivity contribution < 1.29 is 24.1 Å². The highest BCUT2D eigenvalue weighted by Gasteiger charge is 2.56. The number of carbonyl (C=O) groups excluding carboxylic acids is 1. The van der Waals surface area contributed by atoms with Crippen LogP contribution in [-0.4, -0.2) is 58.5 Å². The number of aromatic nitrogens is 2. The molecular formula is C17H23ClN2O5S. The third kappa shape index (κ3) is 3.57. The molecule has 1 saturated carbocycles. The number of hydrogen-bond acceptors (Lipinski definition) is 8. The summed E-state index contributed by atoms with van der Waals surface area (Å²) in [5.41, 5.74) is -0.842. The van der Waals surface area contributed by atoms with Crippen molar-refractivity contribution in [1.29, 1.82) is 0 Å². The number of esters is 1. The second-order valence-electron chi connectivity index (χ2n) is 6.41. The van der Waals surface area contributed by atoms with E-state index in [4.69, 9.17) is 25.8 Å². The first-order chi connectivity index (χ1) is 12.4. The van der Waals surface area contributed by atoms with Crippen molar-refractivity contribution in [3.8, 4) is 0 Å². The minimum atomic E-state index is -1.30. The average molecular weight is 403 g/mol. The molecule has 9 heteroatoms. The SMILES string of the molecule is CCOC(=O)c1c(Cl)nc(SC)nc1CC1(O)CCCCC12OCCO2. The van der Waals surface area contributed by atoms with Crippen LogP contribution in [0, 0.1) is 0 Å². The van der Waals surface area contributed by atoms with Crippen LogP contribution >= 0.6 is 23.4 Å². The van der Waals surface area contributed by atoms with Crippen LogP contribution in [0.15, 0.2) is 5.16 Å². The number of ether oxygens (including phenoxy) is 3. The van der Waals surface area contributed by atoms with Crippen LogP contribution in [0.2, 0.25) is 5.15 Å². The van der Waals surface area contributed by atoms with Crippen LogP contribution in [0.5, 0.6) is 0 Å². The van der Waals surface area contributed by atoms with Crippen LogP contribution in [0.3, 0.4) is 0 Å². The van der Waals surface area contributed by atoms with Crippen LogP contribution in [0.1, 0.15) is 48.7 Å². The summed E-state index contributed by atoms with van der Waals surface area (Å²) in [4.78, 5) is 21.0. The average Bonchev–Trinajstić information content (AvgIpc) is 3.07. The maximum absolute atomic E-state index is 12.4. The van der Waals surface area contributed by atoms with Crippen LogP contribution in [0.25, 0.3) is 0 Å². The van der Waals surface area contributed by atoms with Crippen molar-refractivity contribution in [3.05, 3.63) is 16.4 Å². The summed E-state index contributed by atoms with van der Waals surface area (Å²) in [6.07, 6.45) is 4.75. The number of rotatable bonds is 5.